The summed E-state index contributed by atoms with van der Waals surface area (Å²) >= 11 is 11.8. The van der Waals surface area contributed by atoms with Crippen LogP contribution in [0.2, 0.25) is 10.0 Å². The molecule has 0 fully saturated rings. The Hall–Kier alpha value is -3.81. The first kappa shape index (κ1) is 30.2. The minimum Gasteiger partial charge on any atom is -0.484 e. The number of halogens is 3. The number of benzene rings is 2. The van der Waals surface area contributed by atoms with Crippen molar-refractivity contribution in [3.05, 3.63) is 76.6 Å². The Balaban J connectivity index is 1.34. The summed E-state index contributed by atoms with van der Waals surface area (Å²) in [5.74, 6) is -0.985. The average Bonchev–Trinajstić information content (AvgIpc) is 3.27. The molecule has 0 radical (unpaired) electrons. The van der Waals surface area contributed by atoms with E-state index in [-0.39, 0.29) is 46.7 Å². The molecule has 1 aromatic heterocycles. The van der Waals surface area contributed by atoms with Gasteiger partial charge >= 0.3 is 0 Å². The van der Waals surface area contributed by atoms with E-state index in [0.29, 0.717) is 16.5 Å². The molecule has 41 heavy (non-hydrogen) atoms. The Morgan fingerprint density at radius 1 is 1.24 bits per heavy atom. The zero-order valence-corrected chi connectivity index (χ0v) is 24.3. The number of rotatable bonds is 10. The Labute approximate surface area is 245 Å². The summed E-state index contributed by atoms with van der Waals surface area (Å²) in [5, 5.41) is 5.37. The summed E-state index contributed by atoms with van der Waals surface area (Å²) in [6.45, 7) is 4.79. The number of nitrogens with zero attached hydrogens (tertiary/aromatic N) is 3. The maximum atomic E-state index is 13.6. The molecule has 1 atom stereocenters. The highest BCUT2D eigenvalue weighted by atomic mass is 35.5. The summed E-state index contributed by atoms with van der Waals surface area (Å²) in [6.07, 6.45) is 0.240. The molecule has 1 unspecified atom stereocenters. The fourth-order valence-electron chi connectivity index (χ4n) is 3.88. The van der Waals surface area contributed by atoms with Crippen LogP contribution in [0.15, 0.2) is 59.9 Å². The molecule has 0 saturated carbocycles. The maximum Gasteiger partial charge on any atom is 0.281 e. The van der Waals surface area contributed by atoms with Gasteiger partial charge < -0.3 is 24.7 Å². The molecule has 4 rings (SSSR count). The second-order valence-electron chi connectivity index (χ2n) is 9.01. The Bertz CT molecular complexity index is 1610. The number of ether oxygens (including phenoxy) is 2. The first-order valence-electron chi connectivity index (χ1n) is 12.2. The summed E-state index contributed by atoms with van der Waals surface area (Å²) < 4.78 is 54.2. The van der Waals surface area contributed by atoms with E-state index in [2.05, 4.69) is 22.2 Å². The second kappa shape index (κ2) is 12.4. The van der Waals surface area contributed by atoms with Crippen LogP contribution in [0.4, 0.5) is 10.1 Å². The smallest absolute Gasteiger partial charge is 0.281 e. The number of carbonyl (C=O) groups excluding carboxylic acids is 2. The van der Waals surface area contributed by atoms with Crippen LogP contribution in [0.25, 0.3) is 0 Å². The van der Waals surface area contributed by atoms with Crippen LogP contribution in [0.3, 0.4) is 0 Å². The number of hydrogen-bond acceptors (Lipinski definition) is 7. The van der Waals surface area contributed by atoms with Gasteiger partial charge in [0.25, 0.3) is 21.8 Å². The third-order valence-electron chi connectivity index (χ3n) is 6.12. The molecule has 0 spiro atoms. The molecule has 1 aliphatic heterocycles. The molecular weight excluding hydrogens is 600 g/mol. The van der Waals surface area contributed by atoms with Crippen molar-refractivity contribution in [3.63, 3.8) is 0 Å². The number of nitrogens with one attached hydrogen (secondary N) is 2. The van der Waals surface area contributed by atoms with Gasteiger partial charge in [0.2, 0.25) is 0 Å². The van der Waals surface area contributed by atoms with Crippen molar-refractivity contribution in [3.8, 4) is 11.5 Å². The summed E-state index contributed by atoms with van der Waals surface area (Å²) in [4.78, 5) is 29.2. The van der Waals surface area contributed by atoms with Crippen molar-refractivity contribution in [2.24, 2.45) is 7.05 Å². The fraction of sp³-hybridized carbons (Fsp3) is 0.269. The van der Waals surface area contributed by atoms with E-state index in [4.69, 9.17) is 32.7 Å². The van der Waals surface area contributed by atoms with Crippen LogP contribution in [0, 0.1) is 12.7 Å². The summed E-state index contributed by atoms with van der Waals surface area (Å²) in [6, 6.07) is 8.26. The Kier molecular flexibility index (Phi) is 9.10. The van der Waals surface area contributed by atoms with E-state index < -0.39 is 40.4 Å². The maximum absolute atomic E-state index is 13.6. The van der Waals surface area contributed by atoms with Gasteiger partial charge in [-0.1, -0.05) is 29.8 Å². The van der Waals surface area contributed by atoms with Crippen LogP contribution in [0.5, 0.6) is 11.5 Å². The third-order valence-corrected chi connectivity index (χ3v) is 8.49. The average molecular weight is 626 g/mol. The lowest BCUT2D eigenvalue weighted by Gasteiger charge is -2.34. The molecule has 2 heterocycles. The van der Waals surface area contributed by atoms with E-state index in [0.717, 1.165) is 10.4 Å². The topological polar surface area (TPSA) is 132 Å². The molecular formula is C26H26Cl2FN5O6S. The lowest BCUT2D eigenvalue weighted by atomic mass is 10.2. The second-order valence-corrected chi connectivity index (χ2v) is 11.7. The van der Waals surface area contributed by atoms with E-state index >= 15 is 0 Å². The minimum atomic E-state index is -4.13. The van der Waals surface area contributed by atoms with Crippen LogP contribution < -0.4 is 24.4 Å². The van der Waals surface area contributed by atoms with Crippen molar-refractivity contribution >= 4 is 50.7 Å². The standard InChI is InChI=1S/C26H26Cl2FN5O6S/c1-15(32-24(35)14-39-18-5-6-19(28)20(29)11-18)8-9-30-26(36)23-13-34(21-10-17(27)4-7-22(21)40-23)41(37,38)25-12-31-16(2)33(25)3/h4-7,10-12,23H,1,8-9,13-14H2,2-3H3,(H,30,36)(H,32,35). The highest BCUT2D eigenvalue weighted by Gasteiger charge is 2.39. The number of hydrogen-bond donors (Lipinski definition) is 2. The lowest BCUT2D eigenvalue weighted by molar-refractivity contribution is -0.127. The molecule has 2 aromatic carbocycles. The number of imidazole rings is 1. The highest BCUT2D eigenvalue weighted by Crippen LogP contribution is 2.39. The number of sulfonamides is 1. The number of aryl methyl sites for hydroxylation is 1. The van der Waals surface area contributed by atoms with Crippen molar-refractivity contribution in [2.75, 3.05) is 24.0 Å². The van der Waals surface area contributed by atoms with E-state index in [1.54, 1.807) is 14.0 Å². The normalized spacial score (nSPS) is 14.6. The van der Waals surface area contributed by atoms with Gasteiger partial charge in [0, 0.05) is 36.8 Å². The van der Waals surface area contributed by atoms with Crippen LogP contribution in [0.1, 0.15) is 12.2 Å². The minimum absolute atomic E-state index is 0.0563. The zero-order chi connectivity index (χ0) is 29.9. The van der Waals surface area contributed by atoms with Crippen molar-refractivity contribution in [1.29, 1.82) is 0 Å². The molecule has 3 aromatic rings. The molecule has 15 heteroatoms. The van der Waals surface area contributed by atoms with Gasteiger partial charge in [-0.2, -0.15) is 8.42 Å². The van der Waals surface area contributed by atoms with Gasteiger partial charge in [-0.15, -0.1) is 0 Å². The van der Waals surface area contributed by atoms with Crippen molar-refractivity contribution in [1.82, 2.24) is 20.2 Å². The number of aromatic nitrogens is 2. The SMILES string of the molecule is C=C(CCNC(=O)C1CN(S(=O)(=O)c2cnc(C)n2C)c2cc(Cl)ccc2O1)NC(=O)COc1ccc(Cl)c(F)c1. The predicted octanol–water partition coefficient (Wildman–Crippen LogP) is 3.35. The largest absolute Gasteiger partial charge is 0.484 e. The van der Waals surface area contributed by atoms with E-state index in [1.807, 2.05) is 0 Å². The van der Waals surface area contributed by atoms with Crippen LogP contribution in [-0.2, 0) is 26.7 Å². The van der Waals surface area contributed by atoms with E-state index in [9.17, 15) is 22.4 Å². The lowest BCUT2D eigenvalue weighted by Crippen LogP contribution is -2.51. The van der Waals surface area contributed by atoms with Gasteiger partial charge in [-0.25, -0.2) is 9.37 Å². The first-order valence-corrected chi connectivity index (χ1v) is 14.4. The van der Waals surface area contributed by atoms with Gasteiger partial charge in [-0.3, -0.25) is 13.9 Å². The molecule has 1 aliphatic rings. The molecule has 218 valence electrons. The van der Waals surface area contributed by atoms with Gasteiger partial charge in [0.1, 0.15) is 23.1 Å². The molecule has 0 bridgehead atoms. The van der Waals surface area contributed by atoms with Crippen molar-refractivity contribution < 1.29 is 31.9 Å². The van der Waals surface area contributed by atoms with Gasteiger partial charge in [0.15, 0.2) is 17.7 Å². The number of carbonyl (C=O) groups is 2. The fourth-order valence-corrected chi connectivity index (χ4v) is 5.79. The number of fused-ring (bicyclic) bond motifs is 1. The molecule has 0 saturated heterocycles. The van der Waals surface area contributed by atoms with Crippen LogP contribution in [-0.4, -0.2) is 55.6 Å². The van der Waals surface area contributed by atoms with Gasteiger partial charge in [-0.05, 0) is 37.3 Å². The first-order chi connectivity index (χ1) is 19.4. The summed E-state index contributed by atoms with van der Waals surface area (Å²) in [7, 11) is -2.55. The molecule has 2 N–H and O–H groups in total. The third kappa shape index (κ3) is 6.92. The van der Waals surface area contributed by atoms with Crippen molar-refractivity contribution in [2.45, 2.75) is 24.5 Å². The number of anilines is 1. The molecule has 2 amide bonds. The van der Waals surface area contributed by atoms with Crippen LogP contribution >= 0.6 is 23.2 Å². The van der Waals surface area contributed by atoms with Gasteiger partial charge in [0.05, 0.1) is 23.5 Å². The Morgan fingerprint density at radius 2 is 2.00 bits per heavy atom. The monoisotopic (exact) mass is 625 g/mol. The number of amides is 2. The quantitative estimate of drug-likeness (QED) is 0.353. The Morgan fingerprint density at radius 3 is 2.68 bits per heavy atom. The highest BCUT2D eigenvalue weighted by molar-refractivity contribution is 7.92. The molecule has 0 aliphatic carbocycles. The molecule has 11 nitrogen and oxygen atoms in total. The van der Waals surface area contributed by atoms with E-state index in [1.165, 1.54) is 41.1 Å². The zero-order valence-electron chi connectivity index (χ0n) is 22.0. The summed E-state index contributed by atoms with van der Waals surface area (Å²) in [5.41, 5.74) is 0.488. The predicted molar refractivity (Wildman–Crippen MR) is 150 cm³/mol.